The van der Waals surface area contributed by atoms with Gasteiger partial charge in [0, 0.05) is 10.2 Å². The summed E-state index contributed by atoms with van der Waals surface area (Å²) in [7, 11) is 0. The first-order chi connectivity index (χ1) is 13.9. The van der Waals surface area contributed by atoms with E-state index in [-0.39, 0.29) is 17.5 Å². The van der Waals surface area contributed by atoms with Gasteiger partial charge >= 0.3 is 0 Å². The molecule has 0 radical (unpaired) electrons. The second-order valence-corrected chi connectivity index (χ2v) is 7.96. The minimum absolute atomic E-state index is 0.276. The van der Waals surface area contributed by atoms with Crippen molar-refractivity contribution in [3.63, 3.8) is 0 Å². The highest BCUT2D eigenvalue weighted by atomic mass is 79.9. The van der Waals surface area contributed by atoms with E-state index in [0.717, 1.165) is 21.3 Å². The third kappa shape index (κ3) is 3.74. The number of rotatable bonds is 4. The molecule has 0 aliphatic carbocycles. The van der Waals surface area contributed by atoms with Crippen LogP contribution in [0.15, 0.2) is 83.0 Å². The summed E-state index contributed by atoms with van der Waals surface area (Å²) in [6, 6.07) is 22.5. The molecule has 2 amide bonds. The molecule has 0 fully saturated rings. The molecule has 0 unspecified atom stereocenters. The molecule has 4 nitrogen and oxygen atoms in total. The molecule has 1 aliphatic rings. The van der Waals surface area contributed by atoms with Crippen molar-refractivity contribution in [2.24, 2.45) is 0 Å². The summed E-state index contributed by atoms with van der Waals surface area (Å²) in [6.07, 6.45) is 0. The standard InChI is InChI=1S/C24H19BrN2O2/c1-15-11-16(2)13-20(12-15)27-23(28)21(17-7-4-3-5-8-17)22(24(27)29)26-19-10-6-9-18(25)14-19/h3-14,26H,1-2H3. The van der Waals surface area contributed by atoms with Gasteiger partial charge in [0.1, 0.15) is 5.70 Å². The van der Waals surface area contributed by atoms with Gasteiger partial charge in [0.25, 0.3) is 11.8 Å². The van der Waals surface area contributed by atoms with Crippen molar-refractivity contribution < 1.29 is 9.59 Å². The number of nitrogens with zero attached hydrogens (tertiary/aromatic N) is 1. The number of hydrogen-bond donors (Lipinski definition) is 1. The molecule has 3 aromatic carbocycles. The zero-order chi connectivity index (χ0) is 20.5. The second kappa shape index (κ2) is 7.68. The van der Waals surface area contributed by atoms with Crippen LogP contribution in [0.2, 0.25) is 0 Å². The summed E-state index contributed by atoms with van der Waals surface area (Å²) in [5, 5.41) is 3.18. The monoisotopic (exact) mass is 446 g/mol. The predicted molar refractivity (Wildman–Crippen MR) is 120 cm³/mol. The first-order valence-corrected chi connectivity index (χ1v) is 10.0. The summed E-state index contributed by atoms with van der Waals surface area (Å²) in [5.41, 5.74) is 4.65. The summed E-state index contributed by atoms with van der Waals surface area (Å²) in [4.78, 5) is 28.0. The third-order valence-corrected chi connectivity index (χ3v) is 5.20. The Balaban J connectivity index is 1.84. The lowest BCUT2D eigenvalue weighted by molar-refractivity contribution is -0.120. The number of nitrogens with one attached hydrogen (secondary N) is 1. The Morgan fingerprint density at radius 2 is 1.48 bits per heavy atom. The largest absolute Gasteiger partial charge is 0.350 e. The average Bonchev–Trinajstić information content (AvgIpc) is 2.91. The molecular weight excluding hydrogens is 428 g/mol. The van der Waals surface area contributed by atoms with Crippen molar-refractivity contribution in [2.45, 2.75) is 13.8 Å². The van der Waals surface area contributed by atoms with E-state index >= 15 is 0 Å². The van der Waals surface area contributed by atoms with Gasteiger partial charge in [-0.05, 0) is 60.9 Å². The highest BCUT2D eigenvalue weighted by Gasteiger charge is 2.40. The van der Waals surface area contributed by atoms with Gasteiger partial charge in [-0.25, -0.2) is 4.90 Å². The number of imide groups is 1. The van der Waals surface area contributed by atoms with Gasteiger partial charge in [-0.15, -0.1) is 0 Å². The van der Waals surface area contributed by atoms with Crippen LogP contribution in [0.3, 0.4) is 0 Å². The molecule has 1 heterocycles. The number of aryl methyl sites for hydroxylation is 2. The Morgan fingerprint density at radius 1 is 0.793 bits per heavy atom. The van der Waals surface area contributed by atoms with Crippen LogP contribution in [0, 0.1) is 13.8 Å². The van der Waals surface area contributed by atoms with Crippen LogP contribution in [-0.4, -0.2) is 11.8 Å². The molecule has 0 saturated heterocycles. The minimum atomic E-state index is -0.362. The van der Waals surface area contributed by atoms with E-state index in [1.807, 2.05) is 86.6 Å². The van der Waals surface area contributed by atoms with E-state index < -0.39 is 0 Å². The van der Waals surface area contributed by atoms with Crippen molar-refractivity contribution in [1.82, 2.24) is 0 Å². The molecule has 3 aromatic rings. The minimum Gasteiger partial charge on any atom is -0.350 e. The smallest absolute Gasteiger partial charge is 0.282 e. The first-order valence-electron chi connectivity index (χ1n) is 9.23. The summed E-state index contributed by atoms with van der Waals surface area (Å²) in [6.45, 7) is 3.90. The van der Waals surface area contributed by atoms with Crippen LogP contribution in [0.1, 0.15) is 16.7 Å². The molecule has 0 spiro atoms. The zero-order valence-electron chi connectivity index (χ0n) is 16.1. The summed E-state index contributed by atoms with van der Waals surface area (Å²) < 4.78 is 0.882. The van der Waals surface area contributed by atoms with Crippen molar-refractivity contribution in [3.05, 3.63) is 99.7 Å². The molecule has 0 bridgehead atoms. The fourth-order valence-electron chi connectivity index (χ4n) is 3.54. The number of anilines is 2. The number of carbonyl (C=O) groups excluding carboxylic acids is 2. The fourth-order valence-corrected chi connectivity index (χ4v) is 3.94. The number of amides is 2. The number of benzene rings is 3. The summed E-state index contributed by atoms with van der Waals surface area (Å²) >= 11 is 3.44. The number of halogens is 1. The van der Waals surface area contributed by atoms with Crippen molar-refractivity contribution in [2.75, 3.05) is 10.2 Å². The van der Waals surface area contributed by atoms with Gasteiger partial charge in [-0.3, -0.25) is 9.59 Å². The lowest BCUT2D eigenvalue weighted by atomic mass is 10.0. The van der Waals surface area contributed by atoms with E-state index in [9.17, 15) is 9.59 Å². The Morgan fingerprint density at radius 3 is 2.14 bits per heavy atom. The highest BCUT2D eigenvalue weighted by molar-refractivity contribution is 9.10. The Hall–Kier alpha value is -3.18. The molecule has 0 saturated carbocycles. The molecule has 4 rings (SSSR count). The highest BCUT2D eigenvalue weighted by Crippen LogP contribution is 2.34. The molecule has 144 valence electrons. The summed E-state index contributed by atoms with van der Waals surface area (Å²) in [5.74, 6) is -0.692. The number of carbonyl (C=O) groups is 2. The molecular formula is C24H19BrN2O2. The van der Waals surface area contributed by atoms with Gasteiger partial charge < -0.3 is 5.32 Å². The SMILES string of the molecule is Cc1cc(C)cc(N2C(=O)C(Nc3cccc(Br)c3)=C(c3ccccc3)C2=O)c1. The molecule has 29 heavy (non-hydrogen) atoms. The molecule has 1 N–H and O–H groups in total. The van der Waals surface area contributed by atoms with Gasteiger partial charge in [0.2, 0.25) is 0 Å². The first kappa shape index (κ1) is 19.2. The van der Waals surface area contributed by atoms with E-state index in [2.05, 4.69) is 21.2 Å². The Bertz CT molecular complexity index is 1130. The van der Waals surface area contributed by atoms with E-state index in [1.54, 1.807) is 0 Å². The van der Waals surface area contributed by atoms with Crippen LogP contribution in [0.5, 0.6) is 0 Å². The van der Waals surface area contributed by atoms with E-state index in [0.29, 0.717) is 16.8 Å². The van der Waals surface area contributed by atoms with Crippen LogP contribution >= 0.6 is 15.9 Å². The average molecular weight is 447 g/mol. The maximum Gasteiger partial charge on any atom is 0.282 e. The van der Waals surface area contributed by atoms with E-state index in [4.69, 9.17) is 0 Å². The lowest BCUT2D eigenvalue weighted by Crippen LogP contribution is -2.32. The fraction of sp³-hybridized carbons (Fsp3) is 0.0833. The zero-order valence-corrected chi connectivity index (χ0v) is 17.7. The Kier molecular flexibility index (Phi) is 5.07. The Labute approximate surface area is 178 Å². The topological polar surface area (TPSA) is 49.4 Å². The van der Waals surface area contributed by atoms with Gasteiger partial charge in [0.15, 0.2) is 0 Å². The predicted octanol–water partition coefficient (Wildman–Crippen LogP) is 5.46. The van der Waals surface area contributed by atoms with Crippen LogP contribution in [0.4, 0.5) is 11.4 Å². The van der Waals surface area contributed by atoms with Crippen LogP contribution in [0.25, 0.3) is 5.57 Å². The van der Waals surface area contributed by atoms with Crippen LogP contribution in [-0.2, 0) is 9.59 Å². The maximum atomic E-state index is 13.4. The molecule has 5 heteroatoms. The van der Waals surface area contributed by atoms with Crippen molar-refractivity contribution in [3.8, 4) is 0 Å². The molecule has 0 aromatic heterocycles. The normalized spacial score (nSPS) is 14.0. The maximum absolute atomic E-state index is 13.4. The molecule has 1 aliphatic heterocycles. The van der Waals surface area contributed by atoms with Crippen molar-refractivity contribution in [1.29, 1.82) is 0 Å². The third-order valence-electron chi connectivity index (χ3n) is 4.70. The van der Waals surface area contributed by atoms with Crippen LogP contribution < -0.4 is 10.2 Å². The van der Waals surface area contributed by atoms with Gasteiger partial charge in [0.05, 0.1) is 11.3 Å². The van der Waals surface area contributed by atoms with Crippen molar-refractivity contribution >= 4 is 44.7 Å². The van der Waals surface area contributed by atoms with E-state index in [1.165, 1.54) is 4.90 Å². The second-order valence-electron chi connectivity index (χ2n) is 7.04. The van der Waals surface area contributed by atoms with Gasteiger partial charge in [-0.1, -0.05) is 58.4 Å². The quantitative estimate of drug-likeness (QED) is 0.541. The van der Waals surface area contributed by atoms with Gasteiger partial charge in [-0.2, -0.15) is 0 Å². The molecule has 0 atom stereocenters. The lowest BCUT2D eigenvalue weighted by Gasteiger charge is -2.17. The number of hydrogen-bond acceptors (Lipinski definition) is 3.